The number of nitrogens with zero attached hydrogens (tertiary/aromatic N) is 1. The van der Waals surface area contributed by atoms with Gasteiger partial charge in [0.05, 0.1) is 11.6 Å². The van der Waals surface area contributed by atoms with Crippen LogP contribution >= 0.6 is 0 Å². The molecule has 14 heavy (non-hydrogen) atoms. The van der Waals surface area contributed by atoms with Crippen molar-refractivity contribution in [3.63, 3.8) is 0 Å². The van der Waals surface area contributed by atoms with Gasteiger partial charge in [0.15, 0.2) is 0 Å². The van der Waals surface area contributed by atoms with E-state index in [2.05, 4.69) is 11.4 Å². The van der Waals surface area contributed by atoms with Crippen molar-refractivity contribution in [1.82, 2.24) is 5.32 Å². The monoisotopic (exact) mass is 188 g/mol. The van der Waals surface area contributed by atoms with Crippen LogP contribution in [0, 0.1) is 11.3 Å². The number of nitrogens with one attached hydrogen (secondary N) is 1. The van der Waals surface area contributed by atoms with Gasteiger partial charge in [-0.25, -0.2) is 0 Å². The lowest BCUT2D eigenvalue weighted by Crippen LogP contribution is -2.08. The highest BCUT2D eigenvalue weighted by Crippen LogP contribution is 2.27. The van der Waals surface area contributed by atoms with Crippen LogP contribution in [0.2, 0.25) is 0 Å². The van der Waals surface area contributed by atoms with E-state index in [9.17, 15) is 5.11 Å². The lowest BCUT2D eigenvalue weighted by Gasteiger charge is -2.10. The molecule has 1 atom stereocenters. The molecule has 2 rings (SSSR count). The average Bonchev–Trinajstić information content (AvgIpc) is 2.70. The van der Waals surface area contributed by atoms with E-state index in [1.807, 2.05) is 6.07 Å². The molecule has 0 radical (unpaired) electrons. The topological polar surface area (TPSA) is 56.0 Å². The van der Waals surface area contributed by atoms with Gasteiger partial charge in [-0.15, -0.1) is 0 Å². The summed E-state index contributed by atoms with van der Waals surface area (Å²) in [6, 6.07) is 7.16. The number of benzene rings is 1. The van der Waals surface area contributed by atoms with Gasteiger partial charge in [-0.1, -0.05) is 6.07 Å². The third-order valence-electron chi connectivity index (χ3n) is 2.66. The van der Waals surface area contributed by atoms with E-state index in [-0.39, 0.29) is 5.75 Å². The van der Waals surface area contributed by atoms with Gasteiger partial charge in [0.1, 0.15) is 5.75 Å². The molecular formula is C11H12N2O. The van der Waals surface area contributed by atoms with Crippen molar-refractivity contribution >= 4 is 0 Å². The van der Waals surface area contributed by atoms with E-state index in [0.717, 1.165) is 25.1 Å². The van der Waals surface area contributed by atoms with Crippen LogP contribution in [0.1, 0.15) is 23.5 Å². The van der Waals surface area contributed by atoms with Crippen molar-refractivity contribution in [2.75, 3.05) is 13.1 Å². The highest BCUT2D eigenvalue weighted by Gasteiger charge is 2.19. The Hall–Kier alpha value is -1.53. The fraction of sp³-hybridized carbons (Fsp3) is 0.364. The SMILES string of the molecule is N#Cc1cc(O)ccc1C1CCNC1. The van der Waals surface area contributed by atoms with Crippen LogP contribution in [0.5, 0.6) is 5.75 Å². The van der Waals surface area contributed by atoms with E-state index in [0.29, 0.717) is 11.5 Å². The Morgan fingerprint density at radius 3 is 3.00 bits per heavy atom. The summed E-state index contributed by atoms with van der Waals surface area (Å²) in [6.45, 7) is 1.94. The zero-order valence-electron chi connectivity index (χ0n) is 7.83. The van der Waals surface area contributed by atoms with Gasteiger partial charge in [0.25, 0.3) is 0 Å². The van der Waals surface area contributed by atoms with Crippen molar-refractivity contribution < 1.29 is 5.11 Å². The van der Waals surface area contributed by atoms with E-state index in [4.69, 9.17) is 5.26 Å². The average molecular weight is 188 g/mol. The third kappa shape index (κ3) is 1.57. The summed E-state index contributed by atoms with van der Waals surface area (Å²) in [4.78, 5) is 0. The van der Waals surface area contributed by atoms with Crippen molar-refractivity contribution in [2.45, 2.75) is 12.3 Å². The first kappa shape index (κ1) is 9.04. The minimum absolute atomic E-state index is 0.163. The summed E-state index contributed by atoms with van der Waals surface area (Å²) in [6.07, 6.45) is 1.07. The van der Waals surface area contributed by atoms with Crippen LogP contribution in [-0.4, -0.2) is 18.2 Å². The lowest BCUT2D eigenvalue weighted by atomic mass is 9.94. The Kier molecular flexibility index (Phi) is 2.38. The molecule has 0 saturated carbocycles. The maximum absolute atomic E-state index is 9.24. The molecule has 0 aliphatic carbocycles. The van der Waals surface area contributed by atoms with Crippen molar-refractivity contribution in [1.29, 1.82) is 5.26 Å². The summed E-state index contributed by atoms with van der Waals surface area (Å²) in [7, 11) is 0. The minimum atomic E-state index is 0.163. The summed E-state index contributed by atoms with van der Waals surface area (Å²) in [5, 5.41) is 21.4. The molecule has 1 aliphatic heterocycles. The van der Waals surface area contributed by atoms with Crippen LogP contribution in [0.15, 0.2) is 18.2 Å². The largest absolute Gasteiger partial charge is 0.508 e. The standard InChI is InChI=1S/C11H12N2O/c12-6-9-5-10(14)1-2-11(9)8-3-4-13-7-8/h1-2,5,8,13-14H,3-4,7H2. The Morgan fingerprint density at radius 1 is 1.50 bits per heavy atom. The van der Waals surface area contributed by atoms with Gasteiger partial charge >= 0.3 is 0 Å². The van der Waals surface area contributed by atoms with E-state index in [1.54, 1.807) is 6.07 Å². The molecule has 1 aromatic carbocycles. The summed E-state index contributed by atoms with van der Waals surface area (Å²) in [5.74, 6) is 0.585. The fourth-order valence-electron chi connectivity index (χ4n) is 1.92. The predicted octanol–water partition coefficient (Wildman–Crippen LogP) is 1.34. The zero-order chi connectivity index (χ0) is 9.97. The predicted molar refractivity (Wildman–Crippen MR) is 53.0 cm³/mol. The zero-order valence-corrected chi connectivity index (χ0v) is 7.83. The number of nitriles is 1. The van der Waals surface area contributed by atoms with Gasteiger partial charge in [0, 0.05) is 6.54 Å². The van der Waals surface area contributed by atoms with Crippen molar-refractivity contribution in [3.05, 3.63) is 29.3 Å². The molecule has 2 N–H and O–H groups in total. The normalized spacial score (nSPS) is 20.6. The van der Waals surface area contributed by atoms with Gasteiger partial charge in [-0.2, -0.15) is 5.26 Å². The quantitative estimate of drug-likeness (QED) is 0.699. The Labute approximate surface area is 83.0 Å². The first-order valence-electron chi connectivity index (χ1n) is 4.75. The molecule has 1 saturated heterocycles. The first-order valence-corrected chi connectivity index (χ1v) is 4.75. The van der Waals surface area contributed by atoms with Gasteiger partial charge in [0.2, 0.25) is 0 Å². The fourth-order valence-corrected chi connectivity index (χ4v) is 1.92. The van der Waals surface area contributed by atoms with Crippen LogP contribution in [0.4, 0.5) is 0 Å². The van der Waals surface area contributed by atoms with Crippen molar-refractivity contribution in [2.24, 2.45) is 0 Å². The van der Waals surface area contributed by atoms with Crippen LogP contribution in [0.3, 0.4) is 0 Å². The smallest absolute Gasteiger partial charge is 0.116 e. The van der Waals surface area contributed by atoms with Gasteiger partial charge in [-0.05, 0) is 36.6 Å². The molecule has 0 aromatic heterocycles. The van der Waals surface area contributed by atoms with Crippen LogP contribution in [-0.2, 0) is 0 Å². The second kappa shape index (κ2) is 3.69. The molecule has 0 bridgehead atoms. The molecule has 0 amide bonds. The van der Waals surface area contributed by atoms with E-state index in [1.165, 1.54) is 6.07 Å². The lowest BCUT2D eigenvalue weighted by molar-refractivity contribution is 0.474. The molecule has 72 valence electrons. The molecule has 1 unspecified atom stereocenters. The summed E-state index contributed by atoms with van der Waals surface area (Å²) >= 11 is 0. The number of phenolic OH excluding ortho intramolecular Hbond substituents is 1. The maximum Gasteiger partial charge on any atom is 0.116 e. The maximum atomic E-state index is 9.24. The number of phenols is 1. The van der Waals surface area contributed by atoms with Crippen LogP contribution in [0.25, 0.3) is 0 Å². The highest BCUT2D eigenvalue weighted by molar-refractivity contribution is 5.44. The number of rotatable bonds is 1. The summed E-state index contributed by atoms with van der Waals surface area (Å²) in [5.41, 5.74) is 1.65. The molecule has 3 nitrogen and oxygen atoms in total. The Bertz CT molecular complexity index is 375. The molecule has 3 heteroatoms. The highest BCUT2D eigenvalue weighted by atomic mass is 16.3. The Morgan fingerprint density at radius 2 is 2.36 bits per heavy atom. The van der Waals surface area contributed by atoms with Crippen molar-refractivity contribution in [3.8, 4) is 11.8 Å². The minimum Gasteiger partial charge on any atom is -0.508 e. The molecule has 1 heterocycles. The molecule has 1 aromatic rings. The molecule has 1 aliphatic rings. The third-order valence-corrected chi connectivity index (χ3v) is 2.66. The van der Waals surface area contributed by atoms with E-state index < -0.39 is 0 Å². The second-order valence-corrected chi connectivity index (χ2v) is 3.57. The van der Waals surface area contributed by atoms with Crippen LogP contribution < -0.4 is 5.32 Å². The number of aromatic hydroxyl groups is 1. The molecule has 1 fully saturated rings. The van der Waals surface area contributed by atoms with Gasteiger partial charge < -0.3 is 10.4 Å². The number of hydrogen-bond acceptors (Lipinski definition) is 3. The Balaban J connectivity index is 2.37. The summed E-state index contributed by atoms with van der Waals surface area (Å²) < 4.78 is 0. The van der Waals surface area contributed by atoms with Gasteiger partial charge in [-0.3, -0.25) is 0 Å². The molecular weight excluding hydrogens is 176 g/mol. The molecule has 0 spiro atoms. The number of hydrogen-bond donors (Lipinski definition) is 2. The van der Waals surface area contributed by atoms with E-state index >= 15 is 0 Å². The second-order valence-electron chi connectivity index (χ2n) is 3.57. The first-order chi connectivity index (χ1) is 6.81.